The van der Waals surface area contributed by atoms with Gasteiger partial charge in [-0.1, -0.05) is 23.5 Å². The average molecular weight is 223 g/mol. The number of thiophene rings is 1. The Morgan fingerprint density at radius 2 is 2.07 bits per heavy atom. The number of hydrogen-bond donors (Lipinski definition) is 0. The summed E-state index contributed by atoms with van der Waals surface area (Å²) in [5, 5.41) is 10.5. The largest absolute Gasteiger partial charge is 0.324 e. The second-order valence-electron chi connectivity index (χ2n) is 2.91. The molecule has 1 heterocycles. The minimum atomic E-state index is -0.451. The van der Waals surface area contributed by atoms with Crippen LogP contribution in [0.2, 0.25) is 0 Å². The molecule has 0 aliphatic heterocycles. The number of hydrogen-bond acceptors (Lipinski definition) is 3. The number of halogens is 1. The minimum Gasteiger partial charge on any atom is -0.258 e. The zero-order valence-corrected chi connectivity index (χ0v) is 8.33. The molecule has 0 atom stereocenters. The van der Waals surface area contributed by atoms with Crippen molar-refractivity contribution in [2.75, 3.05) is 0 Å². The Morgan fingerprint density at radius 3 is 2.67 bits per heavy atom. The molecule has 0 unspecified atom stereocenters. The fraction of sp³-hybridized carbons (Fsp3) is 0. The van der Waals surface area contributed by atoms with Crippen molar-refractivity contribution in [3.63, 3.8) is 0 Å². The van der Waals surface area contributed by atoms with Gasteiger partial charge in [0.25, 0.3) is 0 Å². The molecule has 0 saturated carbocycles. The highest BCUT2D eigenvalue weighted by atomic mass is 32.1. The minimum absolute atomic E-state index is 0.0641. The van der Waals surface area contributed by atoms with Gasteiger partial charge in [-0.15, -0.1) is 0 Å². The van der Waals surface area contributed by atoms with Gasteiger partial charge in [-0.25, -0.2) is 4.39 Å². The number of benzene rings is 1. The summed E-state index contributed by atoms with van der Waals surface area (Å²) >= 11 is 1.04. The molecule has 5 heteroatoms. The first-order chi connectivity index (χ1) is 7.16. The first kappa shape index (κ1) is 9.79. The van der Waals surface area contributed by atoms with Crippen LogP contribution < -0.4 is 0 Å². The monoisotopic (exact) mass is 223 g/mol. The molecule has 0 amide bonds. The fourth-order valence-electron chi connectivity index (χ4n) is 1.22. The van der Waals surface area contributed by atoms with Crippen LogP contribution in [-0.2, 0) is 0 Å². The van der Waals surface area contributed by atoms with Crippen LogP contribution in [0.4, 0.5) is 9.39 Å². The Balaban J connectivity index is 2.41. The van der Waals surface area contributed by atoms with E-state index in [4.69, 9.17) is 0 Å². The predicted molar refractivity (Wildman–Crippen MR) is 56.4 cm³/mol. The Bertz CT molecular complexity index is 510. The standard InChI is InChI=1S/C10H6FNO2S/c11-8-3-1-2-7(6-8)9-4-5-10(15-9)12(13)14/h1-6H. The highest BCUT2D eigenvalue weighted by molar-refractivity contribution is 7.18. The highest BCUT2D eigenvalue weighted by Crippen LogP contribution is 2.32. The molecule has 0 aliphatic rings. The van der Waals surface area contributed by atoms with Crippen molar-refractivity contribution in [1.29, 1.82) is 0 Å². The summed E-state index contributed by atoms with van der Waals surface area (Å²) in [5.74, 6) is -0.344. The summed E-state index contributed by atoms with van der Waals surface area (Å²) in [7, 11) is 0. The summed E-state index contributed by atoms with van der Waals surface area (Å²) < 4.78 is 12.9. The first-order valence-electron chi connectivity index (χ1n) is 4.17. The van der Waals surface area contributed by atoms with Crippen molar-refractivity contribution in [2.45, 2.75) is 0 Å². The Labute approximate surface area is 88.9 Å². The first-order valence-corrected chi connectivity index (χ1v) is 4.98. The van der Waals surface area contributed by atoms with Crippen LogP contribution >= 0.6 is 11.3 Å². The average Bonchev–Trinajstić information content (AvgIpc) is 2.66. The van der Waals surface area contributed by atoms with Crippen molar-refractivity contribution < 1.29 is 9.31 Å². The van der Waals surface area contributed by atoms with Gasteiger partial charge in [-0.05, 0) is 23.8 Å². The SMILES string of the molecule is O=[N+]([O-])c1ccc(-c2cccc(F)c2)s1. The lowest BCUT2D eigenvalue weighted by atomic mass is 10.2. The maximum atomic E-state index is 12.9. The van der Waals surface area contributed by atoms with Gasteiger partial charge in [0.15, 0.2) is 0 Å². The van der Waals surface area contributed by atoms with E-state index in [2.05, 4.69) is 0 Å². The fourth-order valence-corrected chi connectivity index (χ4v) is 2.04. The zero-order chi connectivity index (χ0) is 10.8. The molecule has 0 aliphatic carbocycles. The predicted octanol–water partition coefficient (Wildman–Crippen LogP) is 3.46. The maximum Gasteiger partial charge on any atom is 0.324 e. The highest BCUT2D eigenvalue weighted by Gasteiger charge is 2.10. The Kier molecular flexibility index (Phi) is 2.47. The lowest BCUT2D eigenvalue weighted by molar-refractivity contribution is -0.380. The maximum absolute atomic E-state index is 12.9. The molecule has 0 saturated heterocycles. The van der Waals surface area contributed by atoms with E-state index in [1.165, 1.54) is 18.2 Å². The molecule has 0 spiro atoms. The van der Waals surface area contributed by atoms with Crippen molar-refractivity contribution in [2.24, 2.45) is 0 Å². The lowest BCUT2D eigenvalue weighted by Gasteiger charge is -1.95. The number of nitrogens with zero attached hydrogens (tertiary/aromatic N) is 1. The molecule has 1 aromatic heterocycles. The van der Waals surface area contributed by atoms with Gasteiger partial charge in [0, 0.05) is 10.9 Å². The Morgan fingerprint density at radius 1 is 1.27 bits per heavy atom. The van der Waals surface area contributed by atoms with Crippen LogP contribution in [-0.4, -0.2) is 4.92 Å². The van der Waals surface area contributed by atoms with Crippen molar-refractivity contribution in [1.82, 2.24) is 0 Å². The van der Waals surface area contributed by atoms with Crippen LogP contribution in [0.5, 0.6) is 0 Å². The molecular formula is C10H6FNO2S. The van der Waals surface area contributed by atoms with Gasteiger partial charge >= 0.3 is 5.00 Å². The summed E-state index contributed by atoms with van der Waals surface area (Å²) in [6.07, 6.45) is 0. The quantitative estimate of drug-likeness (QED) is 0.578. The van der Waals surface area contributed by atoms with Gasteiger partial charge in [0.2, 0.25) is 0 Å². The van der Waals surface area contributed by atoms with Gasteiger partial charge in [0.05, 0.1) is 4.92 Å². The molecule has 0 bridgehead atoms. The van der Waals surface area contributed by atoms with Crippen molar-refractivity contribution in [3.05, 3.63) is 52.3 Å². The normalized spacial score (nSPS) is 10.2. The van der Waals surface area contributed by atoms with E-state index in [1.807, 2.05) is 0 Å². The summed E-state index contributed by atoms with van der Waals surface area (Å²) in [5.41, 5.74) is 0.660. The summed E-state index contributed by atoms with van der Waals surface area (Å²) in [4.78, 5) is 10.7. The van der Waals surface area contributed by atoms with Gasteiger partial charge in [-0.3, -0.25) is 10.1 Å². The second-order valence-corrected chi connectivity index (χ2v) is 3.97. The van der Waals surface area contributed by atoms with E-state index < -0.39 is 4.92 Å². The van der Waals surface area contributed by atoms with Crippen LogP contribution in [0.25, 0.3) is 10.4 Å². The lowest BCUT2D eigenvalue weighted by Crippen LogP contribution is -1.80. The molecule has 76 valence electrons. The van der Waals surface area contributed by atoms with Crippen molar-refractivity contribution >= 4 is 16.3 Å². The van der Waals surface area contributed by atoms with E-state index in [1.54, 1.807) is 18.2 Å². The van der Waals surface area contributed by atoms with E-state index in [0.29, 0.717) is 10.4 Å². The number of rotatable bonds is 2. The summed E-state index contributed by atoms with van der Waals surface area (Å²) in [6.45, 7) is 0. The van der Waals surface area contributed by atoms with E-state index in [-0.39, 0.29) is 10.8 Å². The molecule has 0 N–H and O–H groups in total. The van der Waals surface area contributed by atoms with E-state index >= 15 is 0 Å². The van der Waals surface area contributed by atoms with Crippen LogP contribution in [0.1, 0.15) is 0 Å². The third-order valence-corrected chi connectivity index (χ3v) is 2.97. The van der Waals surface area contributed by atoms with Crippen LogP contribution in [0.15, 0.2) is 36.4 Å². The third-order valence-electron chi connectivity index (χ3n) is 1.88. The smallest absolute Gasteiger partial charge is 0.258 e. The summed E-state index contributed by atoms with van der Waals surface area (Å²) in [6, 6.07) is 9.04. The second kappa shape index (κ2) is 3.78. The Hall–Kier alpha value is -1.75. The van der Waals surface area contributed by atoms with Gasteiger partial charge in [0.1, 0.15) is 5.82 Å². The molecule has 15 heavy (non-hydrogen) atoms. The van der Waals surface area contributed by atoms with Gasteiger partial charge in [-0.2, -0.15) is 0 Å². The number of nitro groups is 1. The molecule has 0 fully saturated rings. The molecule has 2 aromatic rings. The zero-order valence-electron chi connectivity index (χ0n) is 7.51. The third kappa shape index (κ3) is 2.02. The van der Waals surface area contributed by atoms with Crippen LogP contribution in [0, 0.1) is 15.9 Å². The topological polar surface area (TPSA) is 43.1 Å². The molecule has 0 radical (unpaired) electrons. The molecule has 3 nitrogen and oxygen atoms in total. The molecule has 1 aromatic carbocycles. The van der Waals surface area contributed by atoms with E-state index in [0.717, 1.165) is 11.3 Å². The molecule has 2 rings (SSSR count). The van der Waals surface area contributed by atoms with E-state index in [9.17, 15) is 14.5 Å². The van der Waals surface area contributed by atoms with Crippen molar-refractivity contribution in [3.8, 4) is 10.4 Å². The molecular weight excluding hydrogens is 217 g/mol. The van der Waals surface area contributed by atoms with Gasteiger partial charge < -0.3 is 0 Å². The van der Waals surface area contributed by atoms with Crippen LogP contribution in [0.3, 0.4) is 0 Å².